The summed E-state index contributed by atoms with van der Waals surface area (Å²) in [6.45, 7) is 3.49. The van der Waals surface area contributed by atoms with Gasteiger partial charge in [-0.1, -0.05) is 19.8 Å². The van der Waals surface area contributed by atoms with E-state index in [1.54, 1.807) is 4.90 Å². The number of carbonyl (C=O) groups excluding carboxylic acids is 2. The van der Waals surface area contributed by atoms with Crippen LogP contribution in [0.5, 0.6) is 0 Å². The molecule has 6 nitrogen and oxygen atoms in total. The molecule has 0 aromatic carbocycles. The molecule has 0 aromatic rings. The molecule has 2 aliphatic carbocycles. The Morgan fingerprint density at radius 3 is 2.71 bits per heavy atom. The minimum atomic E-state index is -0.590. The maximum atomic E-state index is 12.9. The Labute approximate surface area is 143 Å². The molecule has 3 amide bonds. The average Bonchev–Trinajstić information content (AvgIpc) is 3.31. The van der Waals surface area contributed by atoms with Gasteiger partial charge < -0.3 is 15.1 Å². The number of carbonyl (C=O) groups is 2. The lowest BCUT2D eigenvalue weighted by Crippen LogP contribution is -2.47. The largest absolute Gasteiger partial charge is 0.335 e. The Balaban J connectivity index is 1.48. The lowest BCUT2D eigenvalue weighted by Gasteiger charge is -2.27. The van der Waals surface area contributed by atoms with Crippen molar-refractivity contribution in [3.8, 4) is 0 Å². The van der Waals surface area contributed by atoms with E-state index in [0.29, 0.717) is 18.5 Å². The molecule has 132 valence electrons. The van der Waals surface area contributed by atoms with Crippen LogP contribution in [-0.4, -0.2) is 59.3 Å². The number of likely N-dealkylation sites (tertiary alicyclic amines) is 1. The maximum Gasteiger partial charge on any atom is 0.317 e. The van der Waals surface area contributed by atoms with Gasteiger partial charge in [0.25, 0.3) is 5.91 Å². The van der Waals surface area contributed by atoms with Crippen molar-refractivity contribution in [1.82, 2.24) is 15.1 Å². The molecule has 1 N–H and O–H groups in total. The van der Waals surface area contributed by atoms with Crippen molar-refractivity contribution >= 4 is 17.8 Å². The molecule has 6 heteroatoms. The molecule has 0 radical (unpaired) electrons. The van der Waals surface area contributed by atoms with Crippen molar-refractivity contribution in [3.05, 3.63) is 0 Å². The molecule has 1 spiro atoms. The number of aliphatic imine (C=N–C) groups is 1. The molecular weight excluding hydrogens is 304 g/mol. The smallest absolute Gasteiger partial charge is 0.317 e. The van der Waals surface area contributed by atoms with Gasteiger partial charge >= 0.3 is 6.03 Å². The number of hydrogen-bond donors (Lipinski definition) is 1. The van der Waals surface area contributed by atoms with Gasteiger partial charge in [0.15, 0.2) is 0 Å². The third-order valence-corrected chi connectivity index (χ3v) is 6.63. The number of amidine groups is 1. The first kappa shape index (κ1) is 15.9. The molecule has 0 unspecified atom stereocenters. The van der Waals surface area contributed by atoms with Gasteiger partial charge in [-0.3, -0.25) is 9.79 Å². The highest BCUT2D eigenvalue weighted by molar-refractivity contribution is 6.08. The third-order valence-electron chi connectivity index (χ3n) is 6.63. The van der Waals surface area contributed by atoms with Gasteiger partial charge in [-0.2, -0.15) is 0 Å². The van der Waals surface area contributed by atoms with Crippen LogP contribution in [0.2, 0.25) is 0 Å². The van der Waals surface area contributed by atoms with Crippen LogP contribution >= 0.6 is 0 Å². The highest BCUT2D eigenvalue weighted by Crippen LogP contribution is 2.50. The quantitative estimate of drug-likeness (QED) is 0.840. The normalized spacial score (nSPS) is 35.9. The zero-order valence-electron chi connectivity index (χ0n) is 14.8. The van der Waals surface area contributed by atoms with E-state index in [0.717, 1.165) is 44.5 Å². The van der Waals surface area contributed by atoms with Crippen LogP contribution in [0.1, 0.15) is 51.9 Å². The second-order valence-corrected chi connectivity index (χ2v) is 7.91. The van der Waals surface area contributed by atoms with Gasteiger partial charge in [0, 0.05) is 38.5 Å². The van der Waals surface area contributed by atoms with Gasteiger partial charge in [0.1, 0.15) is 11.4 Å². The fourth-order valence-corrected chi connectivity index (χ4v) is 5.28. The third kappa shape index (κ3) is 2.25. The molecule has 24 heavy (non-hydrogen) atoms. The minimum Gasteiger partial charge on any atom is -0.335 e. The van der Waals surface area contributed by atoms with Crippen LogP contribution in [-0.2, 0) is 4.79 Å². The van der Waals surface area contributed by atoms with E-state index in [9.17, 15) is 9.59 Å². The summed E-state index contributed by atoms with van der Waals surface area (Å²) in [6.07, 6.45) is 7.26. The Bertz CT molecular complexity index is 584. The number of amides is 3. The van der Waals surface area contributed by atoms with Crippen LogP contribution in [0.15, 0.2) is 4.99 Å². The van der Waals surface area contributed by atoms with Crippen molar-refractivity contribution in [1.29, 1.82) is 0 Å². The van der Waals surface area contributed by atoms with Crippen LogP contribution in [0, 0.1) is 11.8 Å². The summed E-state index contributed by atoms with van der Waals surface area (Å²) in [5.74, 6) is 1.64. The van der Waals surface area contributed by atoms with Gasteiger partial charge in [0.05, 0.1) is 0 Å². The number of rotatable bonds is 2. The summed E-state index contributed by atoms with van der Waals surface area (Å²) in [6, 6.07) is 0.404. The summed E-state index contributed by atoms with van der Waals surface area (Å²) in [7, 11) is 1.84. The highest BCUT2D eigenvalue weighted by atomic mass is 16.2. The Hall–Kier alpha value is -1.59. The van der Waals surface area contributed by atoms with Gasteiger partial charge in [-0.05, 0) is 31.6 Å². The number of nitrogens with one attached hydrogen (secondary N) is 1. The maximum absolute atomic E-state index is 12.9. The first-order valence-corrected chi connectivity index (χ1v) is 9.47. The molecule has 0 aromatic heterocycles. The Morgan fingerprint density at radius 1 is 1.29 bits per heavy atom. The predicted octanol–water partition coefficient (Wildman–Crippen LogP) is 2.00. The average molecular weight is 332 g/mol. The fourth-order valence-electron chi connectivity index (χ4n) is 5.28. The topological polar surface area (TPSA) is 65.0 Å². The number of nitrogens with zero attached hydrogens (tertiary/aromatic N) is 3. The van der Waals surface area contributed by atoms with Crippen molar-refractivity contribution in [2.24, 2.45) is 16.8 Å². The van der Waals surface area contributed by atoms with E-state index in [4.69, 9.17) is 4.99 Å². The first-order chi connectivity index (χ1) is 11.5. The minimum absolute atomic E-state index is 0.0601. The van der Waals surface area contributed by atoms with E-state index in [1.165, 1.54) is 12.8 Å². The Kier molecular flexibility index (Phi) is 3.81. The summed E-state index contributed by atoms with van der Waals surface area (Å²) in [5, 5.41) is 3.18. The molecule has 4 rings (SSSR count). The molecule has 3 atom stereocenters. The summed E-state index contributed by atoms with van der Waals surface area (Å²) < 4.78 is 0. The van der Waals surface area contributed by atoms with E-state index >= 15 is 0 Å². The van der Waals surface area contributed by atoms with Gasteiger partial charge in [-0.15, -0.1) is 0 Å². The fraction of sp³-hybridized carbons (Fsp3) is 0.833. The zero-order chi connectivity index (χ0) is 16.9. The molecule has 2 saturated carbocycles. The summed E-state index contributed by atoms with van der Waals surface area (Å²) in [5.41, 5.74) is -0.590. The molecule has 1 saturated heterocycles. The molecule has 0 bridgehead atoms. The summed E-state index contributed by atoms with van der Waals surface area (Å²) in [4.78, 5) is 34.0. The molecule has 4 aliphatic rings. The van der Waals surface area contributed by atoms with Crippen molar-refractivity contribution in [2.75, 3.05) is 20.1 Å². The van der Waals surface area contributed by atoms with E-state index in [2.05, 4.69) is 5.32 Å². The van der Waals surface area contributed by atoms with E-state index in [-0.39, 0.29) is 17.9 Å². The predicted molar refractivity (Wildman–Crippen MR) is 91.8 cm³/mol. The van der Waals surface area contributed by atoms with Gasteiger partial charge in [0.2, 0.25) is 0 Å². The Morgan fingerprint density at radius 2 is 2.04 bits per heavy atom. The SMILES string of the molecule is CCC1=N[C@]2(CC[C@H]3CN(C(=O)NC4CCCC4)C[C@H]32)C(=O)N1C. The van der Waals surface area contributed by atoms with E-state index in [1.807, 2.05) is 18.9 Å². The van der Waals surface area contributed by atoms with Crippen LogP contribution in [0.3, 0.4) is 0 Å². The number of hydrogen-bond acceptors (Lipinski definition) is 3. The standard InChI is InChI=1S/C18H28N4O2/c1-3-15-20-18(16(23)21(15)2)9-8-12-10-22(11-14(12)18)17(24)19-13-6-4-5-7-13/h12-14H,3-11H2,1-2H3,(H,19,24)/t12-,14+,18-/m0/s1. The number of urea groups is 1. The van der Waals surface area contributed by atoms with Crippen LogP contribution < -0.4 is 5.32 Å². The summed E-state index contributed by atoms with van der Waals surface area (Å²) >= 11 is 0. The molecular formula is C18H28N4O2. The molecule has 2 aliphatic heterocycles. The van der Waals surface area contributed by atoms with Crippen molar-refractivity contribution in [3.63, 3.8) is 0 Å². The lowest BCUT2D eigenvalue weighted by atomic mass is 9.85. The zero-order valence-corrected chi connectivity index (χ0v) is 14.8. The monoisotopic (exact) mass is 332 g/mol. The van der Waals surface area contributed by atoms with Crippen LogP contribution in [0.4, 0.5) is 4.79 Å². The van der Waals surface area contributed by atoms with Crippen LogP contribution in [0.25, 0.3) is 0 Å². The molecule has 3 fully saturated rings. The van der Waals surface area contributed by atoms with E-state index < -0.39 is 5.54 Å². The second kappa shape index (κ2) is 5.74. The lowest BCUT2D eigenvalue weighted by molar-refractivity contribution is -0.131. The van der Waals surface area contributed by atoms with Gasteiger partial charge in [-0.25, -0.2) is 4.79 Å². The number of likely N-dealkylation sites (N-methyl/N-ethyl adjacent to an activating group) is 1. The first-order valence-electron chi connectivity index (χ1n) is 9.47. The molecule has 2 heterocycles. The van der Waals surface area contributed by atoms with Crippen molar-refractivity contribution < 1.29 is 9.59 Å². The van der Waals surface area contributed by atoms with Crippen molar-refractivity contribution in [2.45, 2.75) is 63.5 Å². The second-order valence-electron chi connectivity index (χ2n) is 7.91. The highest BCUT2D eigenvalue weighted by Gasteiger charge is 2.60. The number of fused-ring (bicyclic) bond motifs is 2.